The normalized spacial score (nSPS) is 22.9. The minimum atomic E-state index is -2.54. The van der Waals surface area contributed by atoms with Gasteiger partial charge in [0.2, 0.25) is 0 Å². The van der Waals surface area contributed by atoms with Crippen molar-refractivity contribution in [2.75, 3.05) is 26.7 Å². The molecule has 0 aromatic carbocycles. The summed E-state index contributed by atoms with van der Waals surface area (Å²) in [5, 5.41) is 11.5. The van der Waals surface area contributed by atoms with Crippen LogP contribution in [0, 0.1) is 0 Å². The second-order valence-corrected chi connectivity index (χ2v) is 4.17. The summed E-state index contributed by atoms with van der Waals surface area (Å²) in [6.07, 6.45) is 0.200. The third kappa shape index (κ3) is 4.02. The predicted molar refractivity (Wildman–Crippen MR) is 55.7 cm³/mol. The number of aliphatic carboxylic acids is 1. The SMILES string of the molecule is CN[C@@H](CCN1CCC(F)(F)CC1)C(=O)O. The number of nitrogens with zero attached hydrogens (tertiary/aromatic N) is 1. The molecule has 2 N–H and O–H groups in total. The van der Waals surface area contributed by atoms with Crippen LogP contribution in [0.25, 0.3) is 0 Å². The Morgan fingerprint density at radius 3 is 2.50 bits per heavy atom. The van der Waals surface area contributed by atoms with Crippen molar-refractivity contribution in [2.24, 2.45) is 0 Å². The van der Waals surface area contributed by atoms with Gasteiger partial charge in [-0.15, -0.1) is 0 Å². The lowest BCUT2D eigenvalue weighted by Gasteiger charge is -2.32. The molecule has 0 aromatic rings. The van der Waals surface area contributed by atoms with Crippen molar-refractivity contribution in [1.82, 2.24) is 10.2 Å². The number of hydrogen-bond donors (Lipinski definition) is 2. The minimum Gasteiger partial charge on any atom is -0.480 e. The van der Waals surface area contributed by atoms with Crippen LogP contribution in [0.2, 0.25) is 0 Å². The summed E-state index contributed by atoms with van der Waals surface area (Å²) in [5.74, 6) is -3.43. The molecule has 0 aromatic heterocycles. The summed E-state index contributed by atoms with van der Waals surface area (Å²) >= 11 is 0. The molecule has 1 atom stereocenters. The first-order valence-corrected chi connectivity index (χ1v) is 5.45. The Bertz CT molecular complexity index is 239. The number of rotatable bonds is 5. The summed E-state index contributed by atoms with van der Waals surface area (Å²) in [7, 11) is 1.59. The maximum atomic E-state index is 12.8. The maximum Gasteiger partial charge on any atom is 0.320 e. The highest BCUT2D eigenvalue weighted by atomic mass is 19.3. The lowest BCUT2D eigenvalue weighted by Crippen LogP contribution is -2.43. The van der Waals surface area contributed by atoms with E-state index < -0.39 is 17.9 Å². The van der Waals surface area contributed by atoms with Gasteiger partial charge in [-0.1, -0.05) is 0 Å². The summed E-state index contributed by atoms with van der Waals surface area (Å²) in [6.45, 7) is 1.25. The Morgan fingerprint density at radius 2 is 2.06 bits per heavy atom. The van der Waals surface area contributed by atoms with Gasteiger partial charge in [-0.05, 0) is 13.5 Å². The van der Waals surface area contributed by atoms with Crippen molar-refractivity contribution in [1.29, 1.82) is 0 Å². The van der Waals surface area contributed by atoms with E-state index in [2.05, 4.69) is 5.32 Å². The Hall–Kier alpha value is -0.750. The fourth-order valence-electron chi connectivity index (χ4n) is 1.81. The molecule has 0 bridgehead atoms. The van der Waals surface area contributed by atoms with Crippen molar-refractivity contribution < 1.29 is 18.7 Å². The van der Waals surface area contributed by atoms with Crippen LogP contribution in [0.4, 0.5) is 8.78 Å². The van der Waals surface area contributed by atoms with Crippen LogP contribution >= 0.6 is 0 Å². The van der Waals surface area contributed by atoms with Gasteiger partial charge in [-0.3, -0.25) is 4.79 Å². The molecule has 1 heterocycles. The molecule has 0 aliphatic carbocycles. The Morgan fingerprint density at radius 1 is 1.50 bits per heavy atom. The molecule has 16 heavy (non-hydrogen) atoms. The number of likely N-dealkylation sites (N-methyl/N-ethyl adjacent to an activating group) is 1. The van der Waals surface area contributed by atoms with Crippen molar-refractivity contribution >= 4 is 5.97 Å². The molecule has 4 nitrogen and oxygen atoms in total. The van der Waals surface area contributed by atoms with Gasteiger partial charge in [-0.2, -0.15) is 0 Å². The van der Waals surface area contributed by atoms with Crippen LogP contribution in [-0.2, 0) is 4.79 Å². The summed E-state index contributed by atoms with van der Waals surface area (Å²) in [5.41, 5.74) is 0. The first-order chi connectivity index (χ1) is 7.44. The maximum absolute atomic E-state index is 12.8. The van der Waals surface area contributed by atoms with Crippen LogP contribution in [0.3, 0.4) is 0 Å². The molecule has 1 aliphatic rings. The molecule has 1 aliphatic heterocycles. The van der Waals surface area contributed by atoms with Crippen molar-refractivity contribution in [3.8, 4) is 0 Å². The number of piperidine rings is 1. The minimum absolute atomic E-state index is 0.121. The molecule has 6 heteroatoms. The predicted octanol–water partition coefficient (Wildman–Crippen LogP) is 0.780. The van der Waals surface area contributed by atoms with Crippen LogP contribution in [0.5, 0.6) is 0 Å². The summed E-state index contributed by atoms with van der Waals surface area (Å²) < 4.78 is 25.7. The Labute approximate surface area is 93.6 Å². The number of carboxylic acids is 1. The van der Waals surface area contributed by atoms with Crippen molar-refractivity contribution in [2.45, 2.75) is 31.2 Å². The van der Waals surface area contributed by atoms with Gasteiger partial charge < -0.3 is 15.3 Å². The largest absolute Gasteiger partial charge is 0.480 e. The van der Waals surface area contributed by atoms with E-state index in [-0.39, 0.29) is 12.8 Å². The van der Waals surface area contributed by atoms with E-state index in [0.29, 0.717) is 26.1 Å². The number of hydrogen-bond acceptors (Lipinski definition) is 3. The number of likely N-dealkylation sites (tertiary alicyclic amines) is 1. The molecule has 0 amide bonds. The van der Waals surface area contributed by atoms with Gasteiger partial charge in [0.05, 0.1) is 0 Å². The molecule has 0 saturated carbocycles. The van der Waals surface area contributed by atoms with E-state index >= 15 is 0 Å². The monoisotopic (exact) mass is 236 g/mol. The Balaban J connectivity index is 2.26. The first-order valence-electron chi connectivity index (χ1n) is 5.45. The molecule has 94 valence electrons. The number of carboxylic acid groups (broad SMARTS) is 1. The fourth-order valence-corrected chi connectivity index (χ4v) is 1.81. The summed E-state index contributed by atoms with van der Waals surface area (Å²) in [4.78, 5) is 12.6. The van der Waals surface area contributed by atoms with Crippen molar-refractivity contribution in [3.05, 3.63) is 0 Å². The number of nitrogens with one attached hydrogen (secondary N) is 1. The van der Waals surface area contributed by atoms with E-state index in [4.69, 9.17) is 5.11 Å². The highest BCUT2D eigenvalue weighted by Crippen LogP contribution is 2.27. The van der Waals surface area contributed by atoms with Gasteiger partial charge in [0.25, 0.3) is 5.92 Å². The number of halogens is 2. The second-order valence-electron chi connectivity index (χ2n) is 4.17. The summed E-state index contributed by atoms with van der Waals surface area (Å²) in [6, 6.07) is -0.595. The zero-order chi connectivity index (χ0) is 12.2. The van der Waals surface area contributed by atoms with E-state index in [1.807, 2.05) is 4.90 Å². The zero-order valence-corrected chi connectivity index (χ0v) is 9.38. The van der Waals surface area contributed by atoms with Crippen LogP contribution in [0.1, 0.15) is 19.3 Å². The van der Waals surface area contributed by atoms with E-state index in [1.165, 1.54) is 0 Å². The standard InChI is InChI=1S/C10H18F2N2O2/c1-13-8(9(15)16)2-5-14-6-3-10(11,12)4-7-14/h8,13H,2-7H2,1H3,(H,15,16)/t8-/m0/s1. The molecule has 0 spiro atoms. The molecule has 1 fully saturated rings. The average molecular weight is 236 g/mol. The third-order valence-corrected chi connectivity index (χ3v) is 2.97. The van der Waals surface area contributed by atoms with E-state index in [9.17, 15) is 13.6 Å². The topological polar surface area (TPSA) is 52.6 Å². The number of carbonyl (C=O) groups is 1. The molecular formula is C10H18F2N2O2. The Kier molecular flexibility index (Phi) is 4.61. The van der Waals surface area contributed by atoms with Gasteiger partial charge >= 0.3 is 5.97 Å². The fraction of sp³-hybridized carbons (Fsp3) is 0.900. The smallest absolute Gasteiger partial charge is 0.320 e. The quantitative estimate of drug-likeness (QED) is 0.740. The molecule has 0 unspecified atom stereocenters. The highest BCUT2D eigenvalue weighted by Gasteiger charge is 2.33. The van der Waals surface area contributed by atoms with E-state index in [1.54, 1.807) is 7.05 Å². The van der Waals surface area contributed by atoms with Crippen LogP contribution in [0.15, 0.2) is 0 Å². The highest BCUT2D eigenvalue weighted by molar-refractivity contribution is 5.73. The first kappa shape index (κ1) is 13.3. The van der Waals surface area contributed by atoms with Crippen LogP contribution < -0.4 is 5.32 Å². The van der Waals surface area contributed by atoms with Gasteiger partial charge in [0, 0.05) is 32.5 Å². The molecule has 1 saturated heterocycles. The van der Waals surface area contributed by atoms with Gasteiger partial charge in [0.15, 0.2) is 0 Å². The molecule has 0 radical (unpaired) electrons. The second kappa shape index (κ2) is 5.54. The average Bonchev–Trinajstić information content (AvgIpc) is 2.20. The van der Waals surface area contributed by atoms with Gasteiger partial charge in [-0.25, -0.2) is 8.78 Å². The van der Waals surface area contributed by atoms with E-state index in [0.717, 1.165) is 0 Å². The zero-order valence-electron chi connectivity index (χ0n) is 9.38. The molecular weight excluding hydrogens is 218 g/mol. The van der Waals surface area contributed by atoms with Crippen molar-refractivity contribution in [3.63, 3.8) is 0 Å². The third-order valence-electron chi connectivity index (χ3n) is 2.97. The lowest BCUT2D eigenvalue weighted by atomic mass is 10.1. The number of alkyl halides is 2. The molecule has 1 rings (SSSR count). The lowest BCUT2D eigenvalue weighted by molar-refractivity contribution is -0.139. The van der Waals surface area contributed by atoms with Crippen LogP contribution in [-0.4, -0.2) is 54.6 Å². The van der Waals surface area contributed by atoms with Gasteiger partial charge in [0.1, 0.15) is 6.04 Å².